The van der Waals surface area contributed by atoms with Gasteiger partial charge in [-0.2, -0.15) is 14.9 Å². The molecule has 22 heavy (non-hydrogen) atoms. The van der Waals surface area contributed by atoms with Gasteiger partial charge in [0.15, 0.2) is 5.82 Å². The second kappa shape index (κ2) is 6.44. The van der Waals surface area contributed by atoms with E-state index < -0.39 is 0 Å². The molecular formula is C15H10Cl2N4S. The summed E-state index contributed by atoms with van der Waals surface area (Å²) in [6.07, 6.45) is 1.65. The van der Waals surface area contributed by atoms with Crippen LogP contribution in [0.5, 0.6) is 0 Å². The zero-order chi connectivity index (χ0) is 15.5. The largest absolute Gasteiger partial charge is 0.250 e. The summed E-state index contributed by atoms with van der Waals surface area (Å²) in [6, 6.07) is 14.7. The number of aromatic amines is 1. The highest BCUT2D eigenvalue weighted by Crippen LogP contribution is 2.20. The molecule has 0 spiro atoms. The van der Waals surface area contributed by atoms with Crippen molar-refractivity contribution in [1.82, 2.24) is 14.9 Å². The molecule has 0 unspecified atom stereocenters. The number of hydrogen-bond donors (Lipinski definition) is 1. The SMILES string of the molecule is S=c1[nH]nc(-c2ccc(Cl)cc2)n1/N=C\c1ccccc1Cl. The zero-order valence-corrected chi connectivity index (χ0v) is 13.5. The lowest BCUT2D eigenvalue weighted by Crippen LogP contribution is -1.95. The van der Waals surface area contributed by atoms with Gasteiger partial charge in [-0.15, -0.1) is 0 Å². The van der Waals surface area contributed by atoms with Gasteiger partial charge in [0, 0.05) is 21.2 Å². The molecule has 1 N–H and O–H groups in total. The Morgan fingerprint density at radius 1 is 1.09 bits per heavy atom. The van der Waals surface area contributed by atoms with Gasteiger partial charge in [-0.1, -0.05) is 41.4 Å². The van der Waals surface area contributed by atoms with Crippen molar-refractivity contribution in [2.45, 2.75) is 0 Å². The zero-order valence-electron chi connectivity index (χ0n) is 11.2. The maximum absolute atomic E-state index is 6.11. The Balaban J connectivity index is 2.01. The Kier molecular flexibility index (Phi) is 4.38. The van der Waals surface area contributed by atoms with Crippen LogP contribution in [0.15, 0.2) is 53.6 Å². The van der Waals surface area contributed by atoms with E-state index in [4.69, 9.17) is 35.4 Å². The quantitative estimate of drug-likeness (QED) is 0.545. The number of aromatic nitrogens is 3. The van der Waals surface area contributed by atoms with Crippen molar-refractivity contribution in [3.63, 3.8) is 0 Å². The first kappa shape index (κ1) is 15.0. The Bertz CT molecular complexity index is 881. The van der Waals surface area contributed by atoms with Crippen LogP contribution in [-0.4, -0.2) is 21.1 Å². The Labute approximate surface area is 142 Å². The van der Waals surface area contributed by atoms with Crippen molar-refractivity contribution in [3.05, 3.63) is 68.9 Å². The average molecular weight is 349 g/mol. The van der Waals surface area contributed by atoms with Crippen molar-refractivity contribution < 1.29 is 0 Å². The molecule has 3 rings (SSSR count). The lowest BCUT2D eigenvalue weighted by Gasteiger charge is -2.01. The minimum Gasteiger partial charge on any atom is -0.250 e. The fourth-order valence-corrected chi connectivity index (χ4v) is 2.37. The van der Waals surface area contributed by atoms with Gasteiger partial charge in [0.2, 0.25) is 4.77 Å². The molecule has 0 aliphatic rings. The molecule has 0 saturated heterocycles. The van der Waals surface area contributed by atoms with Crippen LogP contribution in [0.4, 0.5) is 0 Å². The molecular weight excluding hydrogens is 339 g/mol. The maximum Gasteiger partial charge on any atom is 0.216 e. The van der Waals surface area contributed by atoms with E-state index in [0.717, 1.165) is 11.1 Å². The molecule has 1 aromatic heterocycles. The van der Waals surface area contributed by atoms with Crippen LogP contribution < -0.4 is 0 Å². The topological polar surface area (TPSA) is 46.0 Å². The van der Waals surface area contributed by atoms with E-state index in [1.165, 1.54) is 0 Å². The minimum atomic E-state index is 0.397. The number of rotatable bonds is 3. The number of hydrogen-bond acceptors (Lipinski definition) is 3. The van der Waals surface area contributed by atoms with Gasteiger partial charge >= 0.3 is 0 Å². The second-order valence-electron chi connectivity index (χ2n) is 4.44. The summed E-state index contributed by atoms with van der Waals surface area (Å²) in [5, 5.41) is 12.6. The Morgan fingerprint density at radius 2 is 1.82 bits per heavy atom. The number of H-pyrrole nitrogens is 1. The predicted molar refractivity (Wildman–Crippen MR) is 92.3 cm³/mol. The van der Waals surface area contributed by atoms with E-state index in [2.05, 4.69) is 15.3 Å². The molecule has 2 aromatic carbocycles. The molecule has 0 saturated carbocycles. The van der Waals surface area contributed by atoms with Crippen LogP contribution in [0, 0.1) is 4.77 Å². The standard InChI is InChI=1S/C15H10Cl2N4S/c16-12-7-5-10(6-8-12)14-19-20-15(22)21(14)18-9-11-3-1-2-4-13(11)17/h1-9H,(H,20,22)/b18-9-. The second-order valence-corrected chi connectivity index (χ2v) is 5.67. The van der Waals surface area contributed by atoms with Gasteiger partial charge in [-0.05, 0) is 42.5 Å². The first-order valence-electron chi connectivity index (χ1n) is 6.37. The minimum absolute atomic E-state index is 0.397. The van der Waals surface area contributed by atoms with Crippen molar-refractivity contribution in [3.8, 4) is 11.4 Å². The van der Waals surface area contributed by atoms with Crippen LogP contribution in [0.3, 0.4) is 0 Å². The summed E-state index contributed by atoms with van der Waals surface area (Å²) in [6.45, 7) is 0. The molecule has 4 nitrogen and oxygen atoms in total. The number of nitrogens with one attached hydrogen (secondary N) is 1. The molecule has 7 heteroatoms. The van der Waals surface area contributed by atoms with Crippen LogP contribution in [0.1, 0.15) is 5.56 Å². The van der Waals surface area contributed by atoms with Gasteiger partial charge in [0.25, 0.3) is 0 Å². The van der Waals surface area contributed by atoms with Crippen LogP contribution in [0.25, 0.3) is 11.4 Å². The number of benzene rings is 2. The van der Waals surface area contributed by atoms with Gasteiger partial charge in [0.1, 0.15) is 0 Å². The molecule has 0 atom stereocenters. The summed E-state index contributed by atoms with van der Waals surface area (Å²) in [5.74, 6) is 0.602. The molecule has 0 radical (unpaired) electrons. The number of nitrogens with zero attached hydrogens (tertiary/aromatic N) is 3. The highest BCUT2D eigenvalue weighted by atomic mass is 35.5. The van der Waals surface area contributed by atoms with Crippen molar-refractivity contribution >= 4 is 41.6 Å². The van der Waals surface area contributed by atoms with Crippen molar-refractivity contribution in [1.29, 1.82) is 0 Å². The maximum atomic E-state index is 6.11. The average Bonchev–Trinajstić information content (AvgIpc) is 2.88. The third-order valence-electron chi connectivity index (χ3n) is 2.97. The van der Waals surface area contributed by atoms with E-state index in [1.807, 2.05) is 30.3 Å². The summed E-state index contributed by atoms with van der Waals surface area (Å²) in [5.41, 5.74) is 1.65. The fourth-order valence-electron chi connectivity index (χ4n) is 1.88. The van der Waals surface area contributed by atoms with Gasteiger partial charge in [0.05, 0.1) is 6.21 Å². The van der Waals surface area contributed by atoms with Crippen molar-refractivity contribution in [2.24, 2.45) is 5.10 Å². The first-order chi connectivity index (χ1) is 10.6. The fraction of sp³-hybridized carbons (Fsp3) is 0. The Hall–Kier alpha value is -1.95. The number of halogens is 2. The normalized spacial score (nSPS) is 11.2. The molecule has 0 bridgehead atoms. The van der Waals surface area contributed by atoms with Gasteiger partial charge < -0.3 is 0 Å². The molecule has 0 aliphatic heterocycles. The molecule has 0 amide bonds. The van der Waals surface area contributed by atoms with Crippen LogP contribution in [-0.2, 0) is 0 Å². The summed E-state index contributed by atoms with van der Waals surface area (Å²) in [4.78, 5) is 0. The van der Waals surface area contributed by atoms with E-state index in [9.17, 15) is 0 Å². The Morgan fingerprint density at radius 3 is 2.55 bits per heavy atom. The van der Waals surface area contributed by atoms with E-state index in [0.29, 0.717) is 20.6 Å². The lowest BCUT2D eigenvalue weighted by molar-refractivity contribution is 0.871. The molecule has 3 aromatic rings. The summed E-state index contributed by atoms with van der Waals surface area (Å²) >= 11 is 17.2. The smallest absolute Gasteiger partial charge is 0.216 e. The lowest BCUT2D eigenvalue weighted by atomic mass is 10.2. The van der Waals surface area contributed by atoms with Crippen LogP contribution in [0.2, 0.25) is 10.0 Å². The predicted octanol–water partition coefficient (Wildman–Crippen LogP) is 4.80. The van der Waals surface area contributed by atoms with Crippen molar-refractivity contribution in [2.75, 3.05) is 0 Å². The summed E-state index contributed by atoms with van der Waals surface area (Å²) in [7, 11) is 0. The highest BCUT2D eigenvalue weighted by Gasteiger charge is 2.08. The highest BCUT2D eigenvalue weighted by molar-refractivity contribution is 7.71. The summed E-state index contributed by atoms with van der Waals surface area (Å²) < 4.78 is 1.94. The third kappa shape index (κ3) is 3.11. The molecule has 0 aliphatic carbocycles. The molecule has 110 valence electrons. The van der Waals surface area contributed by atoms with E-state index in [-0.39, 0.29) is 0 Å². The van der Waals surface area contributed by atoms with E-state index >= 15 is 0 Å². The van der Waals surface area contributed by atoms with Gasteiger partial charge in [-0.25, -0.2) is 5.10 Å². The van der Waals surface area contributed by atoms with E-state index in [1.54, 1.807) is 29.1 Å². The first-order valence-corrected chi connectivity index (χ1v) is 7.54. The monoisotopic (exact) mass is 348 g/mol. The van der Waals surface area contributed by atoms with Gasteiger partial charge in [-0.3, -0.25) is 0 Å². The van der Waals surface area contributed by atoms with Crippen LogP contribution >= 0.6 is 35.4 Å². The molecule has 0 fully saturated rings. The molecule has 1 heterocycles. The third-order valence-corrected chi connectivity index (χ3v) is 3.83.